The van der Waals surface area contributed by atoms with E-state index in [9.17, 15) is 9.90 Å². The Morgan fingerprint density at radius 3 is 2.41 bits per heavy atom. The van der Waals surface area contributed by atoms with Gasteiger partial charge in [-0.25, -0.2) is 9.78 Å². The second-order valence-corrected chi connectivity index (χ2v) is 5.72. The van der Waals surface area contributed by atoms with E-state index in [1.54, 1.807) is 12.1 Å². The Bertz CT molecular complexity index is 886. The van der Waals surface area contributed by atoms with Crippen LogP contribution >= 0.6 is 11.6 Å². The Morgan fingerprint density at radius 2 is 1.77 bits per heavy atom. The zero-order chi connectivity index (χ0) is 15.9. The number of hydrogen-bond acceptors (Lipinski definition) is 2. The Kier molecular flexibility index (Phi) is 3.59. The molecule has 0 bridgehead atoms. The van der Waals surface area contributed by atoms with Gasteiger partial charge in [-0.3, -0.25) is 0 Å². The van der Waals surface area contributed by atoms with E-state index in [1.165, 1.54) is 0 Å². The largest absolute Gasteiger partial charge is 0.478 e. The maximum Gasteiger partial charge on any atom is 0.336 e. The summed E-state index contributed by atoms with van der Waals surface area (Å²) >= 11 is 6.19. The summed E-state index contributed by atoms with van der Waals surface area (Å²) in [5.74, 6) is -1.01. The molecule has 4 heteroatoms. The third-order valence-corrected chi connectivity index (χ3v) is 4.00. The Labute approximate surface area is 133 Å². The zero-order valence-corrected chi connectivity index (χ0v) is 13.0. The van der Waals surface area contributed by atoms with Gasteiger partial charge in [0.1, 0.15) is 0 Å². The summed E-state index contributed by atoms with van der Waals surface area (Å²) < 4.78 is 0. The number of benzene rings is 2. The second kappa shape index (κ2) is 5.43. The van der Waals surface area contributed by atoms with E-state index in [1.807, 2.05) is 44.2 Å². The number of carboxylic acids is 1. The first kappa shape index (κ1) is 14.5. The fourth-order valence-electron chi connectivity index (χ4n) is 2.47. The third-order valence-electron chi connectivity index (χ3n) is 3.69. The molecule has 0 spiro atoms. The van der Waals surface area contributed by atoms with Crippen molar-refractivity contribution in [2.24, 2.45) is 0 Å². The Morgan fingerprint density at radius 1 is 1.09 bits per heavy atom. The molecule has 3 aromatic rings. The predicted octanol–water partition coefficient (Wildman–Crippen LogP) is 4.87. The smallest absolute Gasteiger partial charge is 0.336 e. The Hall–Kier alpha value is -2.39. The van der Waals surface area contributed by atoms with E-state index in [0.29, 0.717) is 21.6 Å². The van der Waals surface area contributed by atoms with Crippen LogP contribution in [0.15, 0.2) is 42.5 Å². The normalized spacial score (nSPS) is 10.9. The first-order valence-electron chi connectivity index (χ1n) is 6.87. The van der Waals surface area contributed by atoms with Crippen molar-refractivity contribution in [3.63, 3.8) is 0 Å². The number of aryl methyl sites for hydroxylation is 2. The van der Waals surface area contributed by atoms with Gasteiger partial charge in [-0.2, -0.15) is 0 Å². The topological polar surface area (TPSA) is 50.2 Å². The minimum Gasteiger partial charge on any atom is -0.478 e. The molecule has 1 aromatic heterocycles. The number of aromatic nitrogens is 1. The molecule has 0 radical (unpaired) electrons. The van der Waals surface area contributed by atoms with Gasteiger partial charge in [-0.1, -0.05) is 47.5 Å². The van der Waals surface area contributed by atoms with E-state index in [2.05, 4.69) is 4.98 Å². The van der Waals surface area contributed by atoms with Gasteiger partial charge in [0, 0.05) is 10.9 Å². The molecule has 1 N–H and O–H groups in total. The average Bonchev–Trinajstić information content (AvgIpc) is 2.50. The molecule has 22 heavy (non-hydrogen) atoms. The maximum absolute atomic E-state index is 11.6. The van der Waals surface area contributed by atoms with Crippen molar-refractivity contribution in [2.75, 3.05) is 0 Å². The molecule has 0 amide bonds. The lowest BCUT2D eigenvalue weighted by molar-refractivity contribution is 0.0699. The van der Waals surface area contributed by atoms with E-state index < -0.39 is 5.97 Å². The lowest BCUT2D eigenvalue weighted by Gasteiger charge is -2.10. The molecule has 0 saturated carbocycles. The van der Waals surface area contributed by atoms with Gasteiger partial charge in [0.25, 0.3) is 0 Å². The molecule has 3 nitrogen and oxygen atoms in total. The van der Waals surface area contributed by atoms with Gasteiger partial charge in [-0.05, 0) is 31.5 Å². The van der Waals surface area contributed by atoms with E-state index in [0.717, 1.165) is 16.7 Å². The molecule has 0 aliphatic carbocycles. The molecule has 0 fully saturated rings. The Balaban J connectivity index is 2.36. The van der Waals surface area contributed by atoms with E-state index in [-0.39, 0.29) is 5.56 Å². The van der Waals surface area contributed by atoms with Gasteiger partial charge in [0.2, 0.25) is 0 Å². The molecular weight excluding hydrogens is 298 g/mol. The van der Waals surface area contributed by atoms with Crippen LogP contribution in [0.25, 0.3) is 22.2 Å². The van der Waals surface area contributed by atoms with Crippen molar-refractivity contribution in [3.8, 4) is 11.3 Å². The minimum atomic E-state index is -1.01. The first-order chi connectivity index (χ1) is 10.5. The second-order valence-electron chi connectivity index (χ2n) is 5.31. The maximum atomic E-state index is 11.6. The third kappa shape index (κ3) is 2.44. The molecule has 110 valence electrons. The summed E-state index contributed by atoms with van der Waals surface area (Å²) in [7, 11) is 0. The standard InChI is InChI=1S/C18H14ClNO2/c1-10-3-6-12(7-4-10)15-9-13(18(21)22)16-14(19)8-5-11(2)17(16)20-15/h3-9H,1-2H3,(H,21,22). The lowest BCUT2D eigenvalue weighted by Crippen LogP contribution is -2.01. The highest BCUT2D eigenvalue weighted by Gasteiger charge is 2.16. The fourth-order valence-corrected chi connectivity index (χ4v) is 2.73. The van der Waals surface area contributed by atoms with Crippen molar-refractivity contribution in [3.05, 3.63) is 64.2 Å². The highest BCUT2D eigenvalue weighted by Crippen LogP contribution is 2.31. The average molecular weight is 312 g/mol. The molecule has 0 unspecified atom stereocenters. The molecule has 1 heterocycles. The van der Waals surface area contributed by atoms with Gasteiger partial charge >= 0.3 is 5.97 Å². The summed E-state index contributed by atoms with van der Waals surface area (Å²) in [5.41, 5.74) is 4.36. The number of pyridine rings is 1. The van der Waals surface area contributed by atoms with Crippen molar-refractivity contribution >= 4 is 28.5 Å². The number of aromatic carboxylic acids is 1. The van der Waals surface area contributed by atoms with Crippen molar-refractivity contribution < 1.29 is 9.90 Å². The number of halogens is 1. The fraction of sp³-hybridized carbons (Fsp3) is 0.111. The van der Waals surface area contributed by atoms with Crippen LogP contribution in [0.5, 0.6) is 0 Å². The van der Waals surface area contributed by atoms with Crippen molar-refractivity contribution in [1.29, 1.82) is 0 Å². The van der Waals surface area contributed by atoms with Crippen LogP contribution in [0.1, 0.15) is 21.5 Å². The molecule has 2 aromatic carbocycles. The minimum absolute atomic E-state index is 0.175. The number of carbonyl (C=O) groups is 1. The van der Waals surface area contributed by atoms with Crippen LogP contribution in [0, 0.1) is 13.8 Å². The van der Waals surface area contributed by atoms with Crippen LogP contribution in [0.2, 0.25) is 5.02 Å². The van der Waals surface area contributed by atoms with Crippen molar-refractivity contribution in [2.45, 2.75) is 13.8 Å². The number of nitrogens with zero attached hydrogens (tertiary/aromatic N) is 1. The lowest BCUT2D eigenvalue weighted by atomic mass is 10.0. The van der Waals surface area contributed by atoms with E-state index >= 15 is 0 Å². The molecule has 0 aliphatic heterocycles. The van der Waals surface area contributed by atoms with Gasteiger partial charge in [-0.15, -0.1) is 0 Å². The number of rotatable bonds is 2. The number of hydrogen-bond donors (Lipinski definition) is 1. The first-order valence-corrected chi connectivity index (χ1v) is 7.25. The van der Waals surface area contributed by atoms with Gasteiger partial charge in [0.15, 0.2) is 0 Å². The van der Waals surface area contributed by atoms with Crippen LogP contribution in [-0.2, 0) is 0 Å². The predicted molar refractivity (Wildman–Crippen MR) is 88.6 cm³/mol. The zero-order valence-electron chi connectivity index (χ0n) is 12.2. The van der Waals surface area contributed by atoms with Crippen LogP contribution < -0.4 is 0 Å². The monoisotopic (exact) mass is 311 g/mol. The number of fused-ring (bicyclic) bond motifs is 1. The molecule has 0 saturated heterocycles. The SMILES string of the molecule is Cc1ccc(-c2cc(C(=O)O)c3c(Cl)ccc(C)c3n2)cc1. The summed E-state index contributed by atoms with van der Waals surface area (Å²) in [6.07, 6.45) is 0. The van der Waals surface area contributed by atoms with Crippen molar-refractivity contribution in [1.82, 2.24) is 4.98 Å². The molecule has 3 rings (SSSR count). The van der Waals surface area contributed by atoms with Crippen LogP contribution in [0.3, 0.4) is 0 Å². The molecular formula is C18H14ClNO2. The van der Waals surface area contributed by atoms with Gasteiger partial charge in [0.05, 0.1) is 21.8 Å². The molecule has 0 aliphatic rings. The summed E-state index contributed by atoms with van der Waals surface area (Å²) in [5, 5.41) is 10.4. The van der Waals surface area contributed by atoms with Gasteiger partial charge < -0.3 is 5.11 Å². The summed E-state index contributed by atoms with van der Waals surface area (Å²) in [4.78, 5) is 16.3. The van der Waals surface area contributed by atoms with Crippen LogP contribution in [0.4, 0.5) is 0 Å². The quantitative estimate of drug-likeness (QED) is 0.734. The summed E-state index contributed by atoms with van der Waals surface area (Å²) in [6.45, 7) is 3.90. The highest BCUT2D eigenvalue weighted by atomic mass is 35.5. The highest BCUT2D eigenvalue weighted by molar-refractivity contribution is 6.36. The van der Waals surface area contributed by atoms with E-state index in [4.69, 9.17) is 11.6 Å². The summed E-state index contributed by atoms with van der Waals surface area (Å²) in [6, 6.07) is 13.0. The number of carboxylic acid groups (broad SMARTS) is 1. The molecule has 0 atom stereocenters. The van der Waals surface area contributed by atoms with Crippen LogP contribution in [-0.4, -0.2) is 16.1 Å².